The summed E-state index contributed by atoms with van der Waals surface area (Å²) >= 11 is 0. The van der Waals surface area contributed by atoms with Crippen molar-refractivity contribution >= 4 is 0 Å². The smallest absolute Gasteiger partial charge is 0.269 e. The number of nitrogens with one attached hydrogen (secondary N) is 1. The van der Waals surface area contributed by atoms with Crippen LogP contribution in [0.1, 0.15) is 37.5 Å². The van der Waals surface area contributed by atoms with Gasteiger partial charge in [-0.15, -0.1) is 0 Å². The summed E-state index contributed by atoms with van der Waals surface area (Å²) in [6, 6.07) is 10.9. The molecule has 0 atom stereocenters. The number of H-pyrrole nitrogens is 1. The second-order valence-electron chi connectivity index (χ2n) is 5.98. The molecule has 0 aliphatic rings. The Hall–Kier alpha value is -3.05. The van der Waals surface area contributed by atoms with Crippen LogP contribution in [0, 0.1) is 22.7 Å². The number of rotatable bonds is 1. The predicted molar refractivity (Wildman–Crippen MR) is 82.3 cm³/mol. The molecule has 5 nitrogen and oxygen atoms in total. The summed E-state index contributed by atoms with van der Waals surface area (Å²) in [4.78, 5) is 13.9. The van der Waals surface area contributed by atoms with Gasteiger partial charge in [0.1, 0.15) is 23.3 Å². The maximum absolute atomic E-state index is 11.8. The van der Waals surface area contributed by atoms with E-state index < -0.39 is 11.4 Å². The fraction of sp³-hybridized carbons (Fsp3) is 0.235. The second-order valence-corrected chi connectivity index (χ2v) is 5.98. The molecular weight excluding hydrogens is 278 g/mol. The van der Waals surface area contributed by atoms with Gasteiger partial charge >= 0.3 is 0 Å². The van der Waals surface area contributed by atoms with E-state index in [9.17, 15) is 20.4 Å². The van der Waals surface area contributed by atoms with E-state index >= 15 is 0 Å². The summed E-state index contributed by atoms with van der Waals surface area (Å²) in [5.41, 5.74) is 0.744. The molecule has 0 radical (unpaired) electrons. The van der Waals surface area contributed by atoms with E-state index in [2.05, 4.69) is 25.8 Å². The Bertz CT molecular complexity index is 857. The molecule has 2 rings (SSSR count). The number of aromatic amines is 1. The van der Waals surface area contributed by atoms with Gasteiger partial charge < -0.3 is 5.11 Å². The molecule has 0 saturated carbocycles. The molecule has 0 bridgehead atoms. The fourth-order valence-electron chi connectivity index (χ4n) is 2.23. The Morgan fingerprint density at radius 2 is 1.59 bits per heavy atom. The van der Waals surface area contributed by atoms with Gasteiger partial charge in [0, 0.05) is 5.56 Å². The minimum absolute atomic E-state index is 0.0368. The minimum atomic E-state index is -0.714. The number of pyridine rings is 1. The van der Waals surface area contributed by atoms with Gasteiger partial charge in [0.25, 0.3) is 5.56 Å². The summed E-state index contributed by atoms with van der Waals surface area (Å²) in [5.74, 6) is -0.526. The highest BCUT2D eigenvalue weighted by molar-refractivity contribution is 5.78. The first-order valence-electron chi connectivity index (χ1n) is 6.70. The van der Waals surface area contributed by atoms with Gasteiger partial charge in [0.2, 0.25) is 5.88 Å². The maximum Gasteiger partial charge on any atom is 0.269 e. The lowest BCUT2D eigenvalue weighted by Gasteiger charge is -2.19. The van der Waals surface area contributed by atoms with E-state index in [1.807, 2.05) is 18.2 Å². The summed E-state index contributed by atoms with van der Waals surface area (Å²) < 4.78 is 0. The van der Waals surface area contributed by atoms with Crippen LogP contribution in [0.3, 0.4) is 0 Å². The monoisotopic (exact) mass is 293 g/mol. The lowest BCUT2D eigenvalue weighted by molar-refractivity contribution is 0.450. The highest BCUT2D eigenvalue weighted by Crippen LogP contribution is 2.31. The molecule has 0 aliphatic heterocycles. The van der Waals surface area contributed by atoms with Gasteiger partial charge in [-0.1, -0.05) is 45.0 Å². The molecule has 1 aromatic heterocycles. The molecule has 110 valence electrons. The molecule has 5 heteroatoms. The zero-order chi connectivity index (χ0) is 16.5. The molecule has 22 heavy (non-hydrogen) atoms. The van der Waals surface area contributed by atoms with Gasteiger partial charge in [0.05, 0.1) is 0 Å². The first-order chi connectivity index (χ1) is 10.3. The second kappa shape index (κ2) is 5.38. The maximum atomic E-state index is 11.8. The van der Waals surface area contributed by atoms with Crippen LogP contribution in [0.15, 0.2) is 29.1 Å². The summed E-state index contributed by atoms with van der Waals surface area (Å²) in [7, 11) is 0. The lowest BCUT2D eigenvalue weighted by Crippen LogP contribution is -2.13. The molecule has 0 saturated heterocycles. The van der Waals surface area contributed by atoms with Crippen LogP contribution in [0.5, 0.6) is 5.88 Å². The van der Waals surface area contributed by atoms with Gasteiger partial charge in [0.15, 0.2) is 0 Å². The average Bonchev–Trinajstić information content (AvgIpc) is 2.46. The number of aromatic nitrogens is 1. The summed E-state index contributed by atoms with van der Waals surface area (Å²) in [6.07, 6.45) is 0. The number of aromatic hydroxyl groups is 1. The lowest BCUT2D eigenvalue weighted by atomic mass is 9.85. The Balaban J connectivity index is 2.75. The highest BCUT2D eigenvalue weighted by Gasteiger charge is 2.20. The molecule has 0 spiro atoms. The Labute approximate surface area is 128 Å². The van der Waals surface area contributed by atoms with Crippen LogP contribution in [0.25, 0.3) is 11.1 Å². The number of hydrogen-bond donors (Lipinski definition) is 2. The van der Waals surface area contributed by atoms with Crippen LogP contribution in [0.2, 0.25) is 0 Å². The van der Waals surface area contributed by atoms with Gasteiger partial charge in [-0.3, -0.25) is 9.78 Å². The highest BCUT2D eigenvalue weighted by atomic mass is 16.3. The van der Waals surface area contributed by atoms with Crippen molar-refractivity contribution in [1.29, 1.82) is 10.5 Å². The van der Waals surface area contributed by atoms with Gasteiger partial charge in [-0.2, -0.15) is 10.5 Å². The largest absolute Gasteiger partial charge is 0.494 e. The third-order valence-electron chi connectivity index (χ3n) is 3.46. The zero-order valence-electron chi connectivity index (χ0n) is 12.6. The van der Waals surface area contributed by atoms with E-state index in [0.29, 0.717) is 5.56 Å². The molecule has 2 aromatic rings. The summed E-state index contributed by atoms with van der Waals surface area (Å²) in [6.45, 7) is 6.22. The molecule has 1 heterocycles. The third kappa shape index (κ3) is 2.57. The number of nitriles is 2. The standard InChI is InChI=1S/C17H15N3O2/c1-17(2,3)11-6-4-10(5-7-11)14-12(8-18)15(21)20-16(22)13(14)9-19/h4-7H,1-3H3,(H2,20,21,22). The molecule has 0 fully saturated rings. The van der Waals surface area contributed by atoms with Crippen molar-refractivity contribution in [3.8, 4) is 29.1 Å². The molecule has 0 aliphatic carbocycles. The Morgan fingerprint density at radius 3 is 2.05 bits per heavy atom. The number of nitrogens with zero attached hydrogens (tertiary/aromatic N) is 2. The van der Waals surface area contributed by atoms with E-state index in [0.717, 1.165) is 5.56 Å². The van der Waals surface area contributed by atoms with Crippen molar-refractivity contribution in [1.82, 2.24) is 4.98 Å². The van der Waals surface area contributed by atoms with Crippen LogP contribution in [-0.2, 0) is 5.41 Å². The van der Waals surface area contributed by atoms with Crippen molar-refractivity contribution in [3.63, 3.8) is 0 Å². The number of hydrogen-bond acceptors (Lipinski definition) is 4. The molecular formula is C17H15N3O2. The third-order valence-corrected chi connectivity index (χ3v) is 3.46. The normalized spacial score (nSPS) is 10.8. The van der Waals surface area contributed by atoms with Crippen molar-refractivity contribution in [3.05, 3.63) is 51.3 Å². The van der Waals surface area contributed by atoms with Crippen LogP contribution in [-0.4, -0.2) is 10.1 Å². The van der Waals surface area contributed by atoms with E-state index in [1.165, 1.54) is 0 Å². The Kier molecular flexibility index (Phi) is 3.75. The van der Waals surface area contributed by atoms with Crippen molar-refractivity contribution < 1.29 is 5.11 Å². The first-order valence-corrected chi connectivity index (χ1v) is 6.70. The first kappa shape index (κ1) is 15.3. The van der Waals surface area contributed by atoms with E-state index in [1.54, 1.807) is 18.2 Å². The quantitative estimate of drug-likeness (QED) is 0.844. The molecule has 2 N–H and O–H groups in total. The van der Waals surface area contributed by atoms with E-state index in [-0.39, 0.29) is 22.1 Å². The zero-order valence-corrected chi connectivity index (χ0v) is 12.6. The average molecular weight is 293 g/mol. The summed E-state index contributed by atoms with van der Waals surface area (Å²) in [5, 5.41) is 28.2. The molecule has 0 amide bonds. The topological polar surface area (TPSA) is 101 Å². The van der Waals surface area contributed by atoms with Crippen molar-refractivity contribution in [2.75, 3.05) is 0 Å². The fourth-order valence-corrected chi connectivity index (χ4v) is 2.23. The van der Waals surface area contributed by atoms with Crippen molar-refractivity contribution in [2.24, 2.45) is 0 Å². The molecule has 0 unspecified atom stereocenters. The Morgan fingerprint density at radius 1 is 1.05 bits per heavy atom. The van der Waals surface area contributed by atoms with Crippen LogP contribution >= 0.6 is 0 Å². The van der Waals surface area contributed by atoms with Crippen molar-refractivity contribution in [2.45, 2.75) is 26.2 Å². The van der Waals surface area contributed by atoms with Crippen LogP contribution in [0.4, 0.5) is 0 Å². The van der Waals surface area contributed by atoms with Gasteiger partial charge in [-0.25, -0.2) is 0 Å². The SMILES string of the molecule is CC(C)(C)c1ccc(-c2c(C#N)c(O)[nH]c(=O)c2C#N)cc1. The predicted octanol–water partition coefficient (Wildman–Crippen LogP) is 2.79. The van der Waals surface area contributed by atoms with Crippen LogP contribution < -0.4 is 5.56 Å². The minimum Gasteiger partial charge on any atom is -0.494 e. The van der Waals surface area contributed by atoms with E-state index in [4.69, 9.17) is 0 Å². The number of benzene rings is 1. The molecule has 1 aromatic carbocycles. The van der Waals surface area contributed by atoms with Gasteiger partial charge in [-0.05, 0) is 16.5 Å².